The van der Waals surface area contributed by atoms with Gasteiger partial charge in [-0.15, -0.1) is 0 Å². The number of ether oxygens (including phenoxy) is 1. The molecule has 1 aliphatic rings. The highest BCUT2D eigenvalue weighted by Gasteiger charge is 2.28. The topological polar surface area (TPSA) is 86.5 Å². The molecule has 2 heterocycles. The second-order valence-corrected chi connectivity index (χ2v) is 9.24. The lowest BCUT2D eigenvalue weighted by molar-refractivity contribution is 0.385. The van der Waals surface area contributed by atoms with Crippen molar-refractivity contribution in [3.8, 4) is 17.6 Å². The molecule has 0 spiro atoms. The van der Waals surface area contributed by atoms with E-state index in [0.717, 1.165) is 5.69 Å². The number of nitriles is 1. The quantitative estimate of drug-likeness (QED) is 0.581. The first-order valence-corrected chi connectivity index (χ1v) is 11.4. The van der Waals surface area contributed by atoms with Gasteiger partial charge in [0.2, 0.25) is 10.0 Å². The highest BCUT2D eigenvalue weighted by Crippen LogP contribution is 2.30. The van der Waals surface area contributed by atoms with E-state index < -0.39 is 10.0 Å². The van der Waals surface area contributed by atoms with Crippen LogP contribution in [0.15, 0.2) is 71.9 Å². The molecule has 1 fully saturated rings. The van der Waals surface area contributed by atoms with Crippen LogP contribution in [-0.2, 0) is 10.0 Å². The van der Waals surface area contributed by atoms with Crippen LogP contribution in [0.5, 0.6) is 11.5 Å². The van der Waals surface area contributed by atoms with Gasteiger partial charge in [-0.25, -0.2) is 8.42 Å². The molecule has 3 aromatic rings. The smallest absolute Gasteiger partial charge is 0.243 e. The van der Waals surface area contributed by atoms with Crippen LogP contribution in [0.1, 0.15) is 5.56 Å². The minimum atomic E-state index is -3.61. The number of hydrogen-bond acceptors (Lipinski definition) is 6. The Balaban J connectivity index is 1.45. The second-order valence-electron chi connectivity index (χ2n) is 6.89. The molecule has 0 unspecified atom stereocenters. The van der Waals surface area contributed by atoms with E-state index in [4.69, 9.17) is 16.3 Å². The van der Waals surface area contributed by atoms with Gasteiger partial charge < -0.3 is 9.64 Å². The number of rotatable bonds is 5. The zero-order valence-corrected chi connectivity index (χ0v) is 18.1. The third kappa shape index (κ3) is 4.49. The molecule has 1 saturated heterocycles. The van der Waals surface area contributed by atoms with E-state index in [1.165, 1.54) is 16.4 Å². The van der Waals surface area contributed by atoms with Crippen molar-refractivity contribution in [2.24, 2.45) is 0 Å². The summed E-state index contributed by atoms with van der Waals surface area (Å²) in [5.74, 6) is 0.734. The third-order valence-corrected chi connectivity index (χ3v) is 7.27. The van der Waals surface area contributed by atoms with Crippen LogP contribution in [0.3, 0.4) is 0 Å². The lowest BCUT2D eigenvalue weighted by atomic mass is 10.2. The summed E-state index contributed by atoms with van der Waals surface area (Å²) in [6.07, 6.45) is 3.45. The standard InChI is InChI=1S/C22H19ClN4O3S/c23-21-2-1-3-22(20(21)16-24)30-18-4-6-19(7-5-18)31(28,29)27-14-12-26(13-15-27)17-8-10-25-11-9-17/h1-11H,12-15H2. The molecule has 0 bridgehead atoms. The van der Waals surface area contributed by atoms with Gasteiger partial charge in [-0.2, -0.15) is 9.57 Å². The van der Waals surface area contributed by atoms with Crippen molar-refractivity contribution in [3.63, 3.8) is 0 Å². The van der Waals surface area contributed by atoms with E-state index in [9.17, 15) is 13.7 Å². The molecule has 31 heavy (non-hydrogen) atoms. The Kier molecular flexibility index (Phi) is 6.09. The van der Waals surface area contributed by atoms with Gasteiger partial charge in [0.05, 0.1) is 9.92 Å². The number of halogens is 1. The Morgan fingerprint density at radius 3 is 2.29 bits per heavy atom. The summed E-state index contributed by atoms with van der Waals surface area (Å²) in [5.41, 5.74) is 1.26. The van der Waals surface area contributed by atoms with Crippen LogP contribution in [0.2, 0.25) is 5.02 Å². The van der Waals surface area contributed by atoms with E-state index >= 15 is 0 Å². The number of pyridine rings is 1. The van der Waals surface area contributed by atoms with Crippen molar-refractivity contribution in [1.82, 2.24) is 9.29 Å². The minimum Gasteiger partial charge on any atom is -0.456 e. The summed E-state index contributed by atoms with van der Waals surface area (Å²) in [6.45, 7) is 2.01. The lowest BCUT2D eigenvalue weighted by Crippen LogP contribution is -2.48. The molecule has 2 aromatic carbocycles. The molecule has 0 radical (unpaired) electrons. The van der Waals surface area contributed by atoms with E-state index in [-0.39, 0.29) is 10.5 Å². The molecule has 4 rings (SSSR count). The summed E-state index contributed by atoms with van der Waals surface area (Å²) in [6, 6.07) is 16.9. The molecule has 0 amide bonds. The van der Waals surface area contributed by atoms with Gasteiger partial charge in [0.25, 0.3) is 0 Å². The molecular formula is C22H19ClN4O3S. The number of piperazine rings is 1. The zero-order chi connectivity index (χ0) is 21.8. The largest absolute Gasteiger partial charge is 0.456 e. The fourth-order valence-corrected chi connectivity index (χ4v) is 5.03. The maximum atomic E-state index is 13.0. The van der Waals surface area contributed by atoms with Crippen molar-refractivity contribution in [2.45, 2.75) is 4.90 Å². The van der Waals surface area contributed by atoms with Gasteiger partial charge in [-0.3, -0.25) is 4.98 Å². The van der Waals surface area contributed by atoms with Gasteiger partial charge in [0.1, 0.15) is 23.1 Å². The van der Waals surface area contributed by atoms with Gasteiger partial charge in [0, 0.05) is 44.3 Å². The highest BCUT2D eigenvalue weighted by atomic mass is 35.5. The molecule has 0 saturated carbocycles. The van der Waals surface area contributed by atoms with Crippen LogP contribution in [0.4, 0.5) is 5.69 Å². The second kappa shape index (κ2) is 8.94. The summed E-state index contributed by atoms with van der Waals surface area (Å²) in [5, 5.41) is 9.55. The molecule has 9 heteroatoms. The Morgan fingerprint density at radius 2 is 1.65 bits per heavy atom. The van der Waals surface area contributed by atoms with Gasteiger partial charge in [-0.05, 0) is 48.5 Å². The maximum absolute atomic E-state index is 13.0. The predicted octanol–water partition coefficient (Wildman–Crippen LogP) is 3.91. The van der Waals surface area contributed by atoms with Crippen LogP contribution < -0.4 is 9.64 Å². The molecule has 158 valence electrons. The highest BCUT2D eigenvalue weighted by molar-refractivity contribution is 7.89. The summed E-state index contributed by atoms with van der Waals surface area (Å²) < 4.78 is 33.3. The van der Waals surface area contributed by atoms with E-state index in [1.54, 1.807) is 42.7 Å². The van der Waals surface area contributed by atoms with Crippen molar-refractivity contribution >= 4 is 27.3 Å². The normalized spacial score (nSPS) is 14.8. The summed E-state index contributed by atoms with van der Waals surface area (Å²) in [7, 11) is -3.61. The first kappa shape index (κ1) is 21.1. The van der Waals surface area contributed by atoms with Crippen molar-refractivity contribution in [1.29, 1.82) is 5.26 Å². The number of benzene rings is 2. The Morgan fingerprint density at radius 1 is 0.968 bits per heavy atom. The number of anilines is 1. The molecular weight excluding hydrogens is 436 g/mol. The van der Waals surface area contributed by atoms with Crippen LogP contribution in [0.25, 0.3) is 0 Å². The number of sulfonamides is 1. The third-order valence-electron chi connectivity index (χ3n) is 5.04. The van der Waals surface area contributed by atoms with Crippen LogP contribution in [0, 0.1) is 11.3 Å². The fraction of sp³-hybridized carbons (Fsp3) is 0.182. The molecule has 0 atom stereocenters. The first-order chi connectivity index (χ1) is 15.0. The maximum Gasteiger partial charge on any atom is 0.243 e. The number of aromatic nitrogens is 1. The average Bonchev–Trinajstić information content (AvgIpc) is 2.80. The Hall–Kier alpha value is -3.12. The zero-order valence-electron chi connectivity index (χ0n) is 16.5. The van der Waals surface area contributed by atoms with Gasteiger partial charge >= 0.3 is 0 Å². The van der Waals surface area contributed by atoms with E-state index in [0.29, 0.717) is 42.7 Å². The Bertz CT molecular complexity index is 1200. The average molecular weight is 455 g/mol. The minimum absolute atomic E-state index is 0.198. The van der Waals surface area contributed by atoms with Crippen molar-refractivity contribution in [2.75, 3.05) is 31.1 Å². The summed E-state index contributed by atoms with van der Waals surface area (Å²) >= 11 is 6.02. The predicted molar refractivity (Wildman–Crippen MR) is 118 cm³/mol. The Labute approximate surface area is 186 Å². The summed E-state index contributed by atoms with van der Waals surface area (Å²) in [4.78, 5) is 6.36. The molecule has 7 nitrogen and oxygen atoms in total. The van der Waals surface area contributed by atoms with E-state index in [1.807, 2.05) is 18.2 Å². The monoisotopic (exact) mass is 454 g/mol. The van der Waals surface area contributed by atoms with Crippen molar-refractivity contribution in [3.05, 3.63) is 77.6 Å². The van der Waals surface area contributed by atoms with Gasteiger partial charge in [0.15, 0.2) is 0 Å². The van der Waals surface area contributed by atoms with Gasteiger partial charge in [-0.1, -0.05) is 17.7 Å². The molecule has 1 aromatic heterocycles. The van der Waals surface area contributed by atoms with Crippen molar-refractivity contribution < 1.29 is 13.2 Å². The van der Waals surface area contributed by atoms with E-state index in [2.05, 4.69) is 9.88 Å². The fourth-order valence-electron chi connectivity index (χ4n) is 3.40. The molecule has 0 N–H and O–H groups in total. The van der Waals surface area contributed by atoms with Crippen LogP contribution in [-0.4, -0.2) is 43.9 Å². The molecule has 0 aliphatic carbocycles. The first-order valence-electron chi connectivity index (χ1n) is 9.61. The SMILES string of the molecule is N#Cc1c(Cl)cccc1Oc1ccc(S(=O)(=O)N2CCN(c3ccncc3)CC2)cc1. The lowest BCUT2D eigenvalue weighted by Gasteiger charge is -2.35. The number of hydrogen-bond donors (Lipinski definition) is 0. The van der Waals surface area contributed by atoms with Crippen LogP contribution >= 0.6 is 11.6 Å². The number of nitrogens with zero attached hydrogens (tertiary/aromatic N) is 4. The molecule has 1 aliphatic heterocycles.